The Kier molecular flexibility index (Phi) is 4.51. The quantitative estimate of drug-likeness (QED) is 0.869. The van der Waals surface area contributed by atoms with Crippen molar-refractivity contribution in [3.05, 3.63) is 35.6 Å². The topological polar surface area (TPSA) is 21.3 Å². The highest BCUT2D eigenvalue weighted by molar-refractivity contribution is 5.19. The summed E-state index contributed by atoms with van der Waals surface area (Å²) >= 11 is 0. The van der Waals surface area contributed by atoms with Crippen molar-refractivity contribution in [1.29, 1.82) is 0 Å². The van der Waals surface area contributed by atoms with Gasteiger partial charge in [-0.25, -0.2) is 4.39 Å². The molecule has 1 saturated heterocycles. The van der Waals surface area contributed by atoms with Crippen molar-refractivity contribution in [3.63, 3.8) is 0 Å². The maximum atomic E-state index is 13.1. The largest absolute Gasteiger partial charge is 0.381 e. The first-order chi connectivity index (χ1) is 8.25. The third kappa shape index (κ3) is 3.79. The van der Waals surface area contributed by atoms with Crippen LogP contribution in [0.4, 0.5) is 4.39 Å². The molecule has 2 nitrogen and oxygen atoms in total. The monoisotopic (exact) mass is 237 g/mol. The van der Waals surface area contributed by atoms with Gasteiger partial charge < -0.3 is 10.1 Å². The predicted molar refractivity (Wildman–Crippen MR) is 66.4 cm³/mol. The summed E-state index contributed by atoms with van der Waals surface area (Å²) in [6.45, 7) is 4.76. The molecule has 1 aromatic carbocycles. The predicted octanol–water partition coefficient (Wildman–Crippen LogP) is 2.90. The highest BCUT2D eigenvalue weighted by Gasteiger charge is 2.15. The smallest absolute Gasteiger partial charge is 0.123 e. The van der Waals surface area contributed by atoms with Crippen molar-refractivity contribution in [3.8, 4) is 0 Å². The van der Waals surface area contributed by atoms with Gasteiger partial charge in [-0.05, 0) is 43.4 Å². The molecule has 17 heavy (non-hydrogen) atoms. The van der Waals surface area contributed by atoms with Crippen LogP contribution in [-0.2, 0) is 4.74 Å². The van der Waals surface area contributed by atoms with Gasteiger partial charge in [-0.2, -0.15) is 0 Å². The van der Waals surface area contributed by atoms with Crippen LogP contribution < -0.4 is 5.32 Å². The SMILES string of the molecule is C[C@H](NCC1CCCOC1)c1cccc(F)c1. The Hall–Kier alpha value is -0.930. The number of hydrogen-bond donors (Lipinski definition) is 1. The van der Waals surface area contributed by atoms with Crippen molar-refractivity contribution < 1.29 is 9.13 Å². The summed E-state index contributed by atoms with van der Waals surface area (Å²) in [6, 6.07) is 6.97. The molecule has 1 N–H and O–H groups in total. The van der Waals surface area contributed by atoms with E-state index in [1.165, 1.54) is 12.5 Å². The van der Waals surface area contributed by atoms with E-state index in [9.17, 15) is 4.39 Å². The molecule has 0 radical (unpaired) electrons. The number of benzene rings is 1. The van der Waals surface area contributed by atoms with Gasteiger partial charge in [0, 0.05) is 19.2 Å². The molecule has 1 fully saturated rings. The Balaban J connectivity index is 1.82. The first kappa shape index (κ1) is 12.5. The molecule has 3 heteroatoms. The van der Waals surface area contributed by atoms with E-state index >= 15 is 0 Å². The lowest BCUT2D eigenvalue weighted by atomic mass is 10.0. The van der Waals surface area contributed by atoms with Gasteiger partial charge in [-0.1, -0.05) is 12.1 Å². The Morgan fingerprint density at radius 2 is 2.41 bits per heavy atom. The lowest BCUT2D eigenvalue weighted by Crippen LogP contribution is -2.30. The van der Waals surface area contributed by atoms with E-state index < -0.39 is 0 Å². The maximum Gasteiger partial charge on any atom is 0.123 e. The fourth-order valence-electron chi connectivity index (χ4n) is 2.21. The molecule has 0 aromatic heterocycles. The summed E-state index contributed by atoms with van der Waals surface area (Å²) in [5, 5.41) is 3.45. The summed E-state index contributed by atoms with van der Waals surface area (Å²) in [7, 11) is 0. The minimum Gasteiger partial charge on any atom is -0.381 e. The molecular weight excluding hydrogens is 217 g/mol. The normalized spacial score (nSPS) is 22.4. The van der Waals surface area contributed by atoms with Crippen LogP contribution in [0, 0.1) is 11.7 Å². The van der Waals surface area contributed by atoms with E-state index in [-0.39, 0.29) is 11.9 Å². The number of halogens is 1. The highest BCUT2D eigenvalue weighted by atomic mass is 19.1. The summed E-state index contributed by atoms with van der Waals surface area (Å²) < 4.78 is 18.5. The zero-order valence-electron chi connectivity index (χ0n) is 10.3. The van der Waals surface area contributed by atoms with Crippen LogP contribution in [0.5, 0.6) is 0 Å². The van der Waals surface area contributed by atoms with Gasteiger partial charge in [0.05, 0.1) is 6.61 Å². The summed E-state index contributed by atoms with van der Waals surface area (Å²) in [4.78, 5) is 0. The van der Waals surface area contributed by atoms with E-state index in [1.54, 1.807) is 12.1 Å². The Morgan fingerprint density at radius 1 is 1.53 bits per heavy atom. The van der Waals surface area contributed by atoms with Crippen LogP contribution in [0.15, 0.2) is 24.3 Å². The minimum absolute atomic E-state index is 0.169. The maximum absolute atomic E-state index is 13.1. The Labute approximate surface area is 102 Å². The van der Waals surface area contributed by atoms with Crippen LogP contribution in [0.2, 0.25) is 0 Å². The molecule has 0 saturated carbocycles. The number of rotatable bonds is 4. The third-order valence-corrected chi connectivity index (χ3v) is 3.32. The van der Waals surface area contributed by atoms with Crippen molar-refractivity contribution in [2.24, 2.45) is 5.92 Å². The molecule has 1 unspecified atom stereocenters. The van der Waals surface area contributed by atoms with Crippen LogP contribution in [0.3, 0.4) is 0 Å². The van der Waals surface area contributed by atoms with Gasteiger partial charge in [0.2, 0.25) is 0 Å². The van der Waals surface area contributed by atoms with Gasteiger partial charge in [0.15, 0.2) is 0 Å². The van der Waals surface area contributed by atoms with E-state index in [2.05, 4.69) is 12.2 Å². The standard InChI is InChI=1S/C14H20FNO/c1-11(13-5-2-6-14(15)8-13)16-9-12-4-3-7-17-10-12/h2,5-6,8,11-12,16H,3-4,7,9-10H2,1H3/t11-,12?/m0/s1. The summed E-state index contributed by atoms with van der Waals surface area (Å²) in [5.41, 5.74) is 1.00. The van der Waals surface area contributed by atoms with E-state index in [4.69, 9.17) is 4.74 Å². The lowest BCUT2D eigenvalue weighted by molar-refractivity contribution is 0.0540. The Morgan fingerprint density at radius 3 is 3.12 bits per heavy atom. The second kappa shape index (κ2) is 6.12. The van der Waals surface area contributed by atoms with Crippen molar-refractivity contribution in [2.45, 2.75) is 25.8 Å². The van der Waals surface area contributed by atoms with Gasteiger partial charge in [0.25, 0.3) is 0 Å². The van der Waals surface area contributed by atoms with Crippen LogP contribution in [0.25, 0.3) is 0 Å². The molecule has 1 heterocycles. The second-order valence-corrected chi connectivity index (χ2v) is 4.77. The van der Waals surface area contributed by atoms with Crippen molar-refractivity contribution in [1.82, 2.24) is 5.32 Å². The highest BCUT2D eigenvalue weighted by Crippen LogP contribution is 2.16. The van der Waals surface area contributed by atoms with Crippen LogP contribution in [-0.4, -0.2) is 19.8 Å². The molecule has 0 bridgehead atoms. The van der Waals surface area contributed by atoms with E-state index in [0.29, 0.717) is 5.92 Å². The molecule has 1 aliphatic rings. The van der Waals surface area contributed by atoms with E-state index in [0.717, 1.165) is 31.7 Å². The average Bonchev–Trinajstić information content (AvgIpc) is 2.37. The number of nitrogens with one attached hydrogen (secondary N) is 1. The van der Waals surface area contributed by atoms with Crippen molar-refractivity contribution >= 4 is 0 Å². The minimum atomic E-state index is -0.169. The van der Waals surface area contributed by atoms with Crippen LogP contribution >= 0.6 is 0 Å². The first-order valence-corrected chi connectivity index (χ1v) is 6.32. The van der Waals surface area contributed by atoms with Crippen molar-refractivity contribution in [2.75, 3.05) is 19.8 Å². The first-order valence-electron chi connectivity index (χ1n) is 6.32. The van der Waals surface area contributed by atoms with E-state index in [1.807, 2.05) is 6.07 Å². The molecule has 2 atom stereocenters. The molecule has 0 amide bonds. The van der Waals surface area contributed by atoms with Gasteiger partial charge in [-0.3, -0.25) is 0 Å². The fraction of sp³-hybridized carbons (Fsp3) is 0.571. The van der Waals surface area contributed by atoms with Gasteiger partial charge in [0.1, 0.15) is 5.82 Å². The zero-order valence-corrected chi connectivity index (χ0v) is 10.3. The summed E-state index contributed by atoms with van der Waals surface area (Å²) in [6.07, 6.45) is 2.38. The van der Waals surface area contributed by atoms with Gasteiger partial charge >= 0.3 is 0 Å². The zero-order chi connectivity index (χ0) is 12.1. The third-order valence-electron chi connectivity index (χ3n) is 3.32. The second-order valence-electron chi connectivity index (χ2n) is 4.77. The van der Waals surface area contributed by atoms with Gasteiger partial charge in [-0.15, -0.1) is 0 Å². The Bertz CT molecular complexity index is 350. The lowest BCUT2D eigenvalue weighted by Gasteiger charge is -2.24. The summed E-state index contributed by atoms with van der Waals surface area (Å²) in [5.74, 6) is 0.428. The number of hydrogen-bond acceptors (Lipinski definition) is 2. The molecule has 2 rings (SSSR count). The molecule has 1 aromatic rings. The molecule has 94 valence electrons. The number of ether oxygens (including phenoxy) is 1. The molecule has 1 aliphatic heterocycles. The molecule has 0 aliphatic carbocycles. The molecular formula is C14H20FNO. The molecule has 0 spiro atoms. The fourth-order valence-corrected chi connectivity index (χ4v) is 2.21. The van der Waals surface area contributed by atoms with Crippen LogP contribution in [0.1, 0.15) is 31.4 Å². The average molecular weight is 237 g/mol.